The van der Waals surface area contributed by atoms with Crippen LogP contribution >= 0.6 is 27.5 Å². The fourth-order valence-corrected chi connectivity index (χ4v) is 2.29. The molecule has 1 saturated carbocycles. The molecule has 1 aromatic rings. The lowest BCUT2D eigenvalue weighted by atomic mass is 9.93. The molecule has 1 fully saturated rings. The minimum Gasteiger partial charge on any atom is -0.353 e. The standard InChI is InChI=1S/C12H13BrClNO/c13-12-8(3-1-6-10(12)14)7-11(16)15-9-4-2-5-9/h1,3,6,9H,2,4-5,7H2,(H,15,16). The van der Waals surface area contributed by atoms with Crippen LogP contribution in [0.15, 0.2) is 22.7 Å². The Morgan fingerprint density at radius 2 is 2.25 bits per heavy atom. The Balaban J connectivity index is 1.97. The van der Waals surface area contributed by atoms with Crippen LogP contribution in [-0.2, 0) is 11.2 Å². The van der Waals surface area contributed by atoms with Gasteiger partial charge in [-0.15, -0.1) is 0 Å². The zero-order valence-electron chi connectivity index (χ0n) is 8.80. The van der Waals surface area contributed by atoms with Gasteiger partial charge in [-0.2, -0.15) is 0 Å². The maximum atomic E-state index is 11.7. The van der Waals surface area contributed by atoms with Gasteiger partial charge in [0.1, 0.15) is 0 Å². The van der Waals surface area contributed by atoms with E-state index < -0.39 is 0 Å². The molecule has 4 heteroatoms. The second-order valence-corrected chi connectivity index (χ2v) is 5.29. The molecule has 2 rings (SSSR count). The molecule has 1 aromatic carbocycles. The number of amides is 1. The second-order valence-electron chi connectivity index (χ2n) is 4.09. The number of halogens is 2. The Labute approximate surface area is 108 Å². The van der Waals surface area contributed by atoms with E-state index in [2.05, 4.69) is 21.2 Å². The van der Waals surface area contributed by atoms with Crippen molar-refractivity contribution in [2.45, 2.75) is 31.7 Å². The molecule has 0 aliphatic heterocycles. The molecular formula is C12H13BrClNO. The monoisotopic (exact) mass is 301 g/mol. The summed E-state index contributed by atoms with van der Waals surface area (Å²) in [7, 11) is 0. The molecular weight excluding hydrogens is 289 g/mol. The van der Waals surface area contributed by atoms with E-state index in [1.807, 2.05) is 12.1 Å². The lowest BCUT2D eigenvalue weighted by Crippen LogP contribution is -2.40. The molecule has 1 aliphatic carbocycles. The van der Waals surface area contributed by atoms with Gasteiger partial charge in [0.15, 0.2) is 0 Å². The summed E-state index contributed by atoms with van der Waals surface area (Å²) in [6, 6.07) is 5.97. The Kier molecular flexibility index (Phi) is 3.87. The molecule has 1 aliphatic rings. The summed E-state index contributed by atoms with van der Waals surface area (Å²) >= 11 is 9.36. The molecule has 0 heterocycles. The van der Waals surface area contributed by atoms with Crippen LogP contribution in [0.5, 0.6) is 0 Å². The van der Waals surface area contributed by atoms with Crippen molar-refractivity contribution in [3.63, 3.8) is 0 Å². The summed E-state index contributed by atoms with van der Waals surface area (Å²) in [6.45, 7) is 0. The highest BCUT2D eigenvalue weighted by atomic mass is 79.9. The van der Waals surface area contributed by atoms with Gasteiger partial charge in [-0.1, -0.05) is 23.7 Å². The summed E-state index contributed by atoms with van der Waals surface area (Å²) in [6.07, 6.45) is 3.84. The fourth-order valence-electron chi connectivity index (χ4n) is 1.69. The van der Waals surface area contributed by atoms with Crippen molar-refractivity contribution in [2.24, 2.45) is 0 Å². The predicted molar refractivity (Wildman–Crippen MR) is 68.6 cm³/mol. The van der Waals surface area contributed by atoms with Crippen LogP contribution in [0.1, 0.15) is 24.8 Å². The van der Waals surface area contributed by atoms with Gasteiger partial charge in [0.2, 0.25) is 5.91 Å². The molecule has 16 heavy (non-hydrogen) atoms. The Morgan fingerprint density at radius 1 is 1.50 bits per heavy atom. The maximum Gasteiger partial charge on any atom is 0.224 e. The van der Waals surface area contributed by atoms with Crippen molar-refractivity contribution in [2.75, 3.05) is 0 Å². The summed E-state index contributed by atoms with van der Waals surface area (Å²) in [5.74, 6) is 0.0765. The zero-order valence-corrected chi connectivity index (χ0v) is 11.1. The van der Waals surface area contributed by atoms with Gasteiger partial charge in [-0.3, -0.25) is 4.79 Å². The van der Waals surface area contributed by atoms with Gasteiger partial charge >= 0.3 is 0 Å². The Hall–Kier alpha value is -0.540. The van der Waals surface area contributed by atoms with Crippen LogP contribution in [0.3, 0.4) is 0 Å². The summed E-state index contributed by atoms with van der Waals surface area (Å²) < 4.78 is 0.820. The quantitative estimate of drug-likeness (QED) is 0.912. The third-order valence-electron chi connectivity index (χ3n) is 2.85. The number of benzene rings is 1. The Bertz CT molecular complexity index is 404. The zero-order chi connectivity index (χ0) is 11.5. The Morgan fingerprint density at radius 3 is 2.88 bits per heavy atom. The smallest absolute Gasteiger partial charge is 0.224 e. The van der Waals surface area contributed by atoms with E-state index in [9.17, 15) is 4.79 Å². The van der Waals surface area contributed by atoms with E-state index in [1.54, 1.807) is 6.07 Å². The van der Waals surface area contributed by atoms with Crippen LogP contribution in [-0.4, -0.2) is 11.9 Å². The first kappa shape index (κ1) is 11.9. The third kappa shape index (κ3) is 2.77. The van der Waals surface area contributed by atoms with Gasteiger partial charge in [0, 0.05) is 10.5 Å². The van der Waals surface area contributed by atoms with Gasteiger partial charge in [0.05, 0.1) is 11.4 Å². The summed E-state index contributed by atoms with van der Waals surface area (Å²) in [5, 5.41) is 3.66. The predicted octanol–water partition coefficient (Wildman–Crippen LogP) is 3.31. The van der Waals surface area contributed by atoms with E-state index in [4.69, 9.17) is 11.6 Å². The third-order valence-corrected chi connectivity index (χ3v) is 4.33. The van der Waals surface area contributed by atoms with Crippen LogP contribution in [0, 0.1) is 0 Å². The molecule has 0 unspecified atom stereocenters. The SMILES string of the molecule is O=C(Cc1cccc(Cl)c1Br)NC1CCC1. The first-order valence-corrected chi connectivity index (χ1v) is 6.56. The molecule has 0 spiro atoms. The van der Waals surface area contributed by atoms with Crippen LogP contribution < -0.4 is 5.32 Å². The number of hydrogen-bond acceptors (Lipinski definition) is 1. The van der Waals surface area contributed by atoms with Crippen LogP contribution in [0.4, 0.5) is 0 Å². The maximum absolute atomic E-state index is 11.7. The van der Waals surface area contributed by atoms with Gasteiger partial charge in [-0.05, 0) is 46.8 Å². The number of rotatable bonds is 3. The molecule has 0 saturated heterocycles. The van der Waals surface area contributed by atoms with Crippen molar-refractivity contribution in [3.8, 4) is 0 Å². The van der Waals surface area contributed by atoms with Crippen molar-refractivity contribution in [1.29, 1.82) is 0 Å². The molecule has 2 nitrogen and oxygen atoms in total. The van der Waals surface area contributed by atoms with Gasteiger partial charge in [-0.25, -0.2) is 0 Å². The lowest BCUT2D eigenvalue weighted by molar-refractivity contribution is -0.121. The molecule has 1 N–H and O–H groups in total. The van der Waals surface area contributed by atoms with E-state index in [1.165, 1.54) is 6.42 Å². The molecule has 1 amide bonds. The van der Waals surface area contributed by atoms with Crippen molar-refractivity contribution < 1.29 is 4.79 Å². The van der Waals surface area contributed by atoms with E-state index >= 15 is 0 Å². The first-order valence-electron chi connectivity index (χ1n) is 5.39. The number of nitrogens with one attached hydrogen (secondary N) is 1. The number of carbonyl (C=O) groups is 1. The van der Waals surface area contributed by atoms with E-state index in [0.717, 1.165) is 22.9 Å². The van der Waals surface area contributed by atoms with Crippen molar-refractivity contribution in [3.05, 3.63) is 33.3 Å². The van der Waals surface area contributed by atoms with Gasteiger partial charge in [0.25, 0.3) is 0 Å². The first-order chi connectivity index (χ1) is 7.66. The summed E-state index contributed by atoms with van der Waals surface area (Å²) in [5.41, 5.74) is 0.935. The van der Waals surface area contributed by atoms with Crippen molar-refractivity contribution in [1.82, 2.24) is 5.32 Å². The number of hydrogen-bond donors (Lipinski definition) is 1. The molecule has 0 atom stereocenters. The molecule has 0 radical (unpaired) electrons. The number of carbonyl (C=O) groups excluding carboxylic acids is 1. The molecule has 0 bridgehead atoms. The second kappa shape index (κ2) is 5.19. The average molecular weight is 303 g/mol. The van der Waals surface area contributed by atoms with E-state index in [0.29, 0.717) is 17.5 Å². The largest absolute Gasteiger partial charge is 0.353 e. The summed E-state index contributed by atoms with van der Waals surface area (Å²) in [4.78, 5) is 11.7. The van der Waals surface area contributed by atoms with Crippen LogP contribution in [0.25, 0.3) is 0 Å². The van der Waals surface area contributed by atoms with Gasteiger partial charge < -0.3 is 5.32 Å². The minimum absolute atomic E-state index is 0.0765. The van der Waals surface area contributed by atoms with Crippen molar-refractivity contribution >= 4 is 33.4 Å². The highest BCUT2D eigenvalue weighted by Gasteiger charge is 2.19. The van der Waals surface area contributed by atoms with E-state index in [-0.39, 0.29) is 5.91 Å². The highest BCUT2D eigenvalue weighted by molar-refractivity contribution is 9.10. The molecule has 86 valence electrons. The molecule has 0 aromatic heterocycles. The fraction of sp³-hybridized carbons (Fsp3) is 0.417. The van der Waals surface area contributed by atoms with Crippen LogP contribution in [0.2, 0.25) is 5.02 Å². The highest BCUT2D eigenvalue weighted by Crippen LogP contribution is 2.26. The topological polar surface area (TPSA) is 29.1 Å². The minimum atomic E-state index is 0.0765. The normalized spacial score (nSPS) is 15.6. The lowest BCUT2D eigenvalue weighted by Gasteiger charge is -2.26. The average Bonchev–Trinajstić information content (AvgIpc) is 2.19.